The first-order valence-corrected chi connectivity index (χ1v) is 9.73. The molecule has 0 radical (unpaired) electrons. The van der Waals surface area contributed by atoms with Gasteiger partial charge in [-0.15, -0.1) is 0 Å². The summed E-state index contributed by atoms with van der Waals surface area (Å²) in [5.41, 5.74) is 1.83. The minimum atomic E-state index is -0.446. The van der Waals surface area contributed by atoms with Crippen molar-refractivity contribution in [3.8, 4) is 0 Å². The van der Waals surface area contributed by atoms with E-state index in [-0.39, 0.29) is 5.91 Å². The summed E-state index contributed by atoms with van der Waals surface area (Å²) >= 11 is 0. The Morgan fingerprint density at radius 1 is 1.26 bits per heavy atom. The second-order valence-electron chi connectivity index (χ2n) is 7.10. The average Bonchev–Trinajstić information content (AvgIpc) is 2.73. The third-order valence-corrected chi connectivity index (χ3v) is 5.30. The van der Waals surface area contributed by atoms with Crippen LogP contribution in [0.15, 0.2) is 18.2 Å². The third kappa shape index (κ3) is 5.43. The van der Waals surface area contributed by atoms with Crippen LogP contribution in [0.4, 0.5) is 11.4 Å². The molecule has 0 aromatic heterocycles. The Hall–Kier alpha value is -2.12. The normalized spacial score (nSPS) is 18.2. The van der Waals surface area contributed by atoms with Gasteiger partial charge in [-0.05, 0) is 56.5 Å². The number of piperidine rings is 1. The fraction of sp³-hybridized carbons (Fsp3) is 0.600. The molecule has 2 aliphatic heterocycles. The van der Waals surface area contributed by atoms with E-state index >= 15 is 0 Å². The van der Waals surface area contributed by atoms with E-state index in [0.717, 1.165) is 51.1 Å². The summed E-state index contributed by atoms with van der Waals surface area (Å²) in [5, 5.41) is 6.23. The number of hydrogen-bond acceptors (Lipinski definition) is 6. The van der Waals surface area contributed by atoms with Crippen molar-refractivity contribution >= 4 is 23.3 Å². The highest BCUT2D eigenvalue weighted by molar-refractivity contribution is 6.02. The quantitative estimate of drug-likeness (QED) is 0.741. The molecule has 1 aromatic rings. The van der Waals surface area contributed by atoms with E-state index in [2.05, 4.69) is 15.5 Å². The average molecular weight is 375 g/mol. The second kappa shape index (κ2) is 9.71. The van der Waals surface area contributed by atoms with Crippen LogP contribution in [0.5, 0.6) is 0 Å². The highest BCUT2D eigenvalue weighted by Gasteiger charge is 2.19. The fourth-order valence-corrected chi connectivity index (χ4v) is 3.66. The van der Waals surface area contributed by atoms with E-state index in [4.69, 9.17) is 9.47 Å². The van der Waals surface area contributed by atoms with Crippen molar-refractivity contribution in [3.63, 3.8) is 0 Å². The molecule has 0 aliphatic carbocycles. The van der Waals surface area contributed by atoms with Crippen LogP contribution in [0.2, 0.25) is 0 Å². The Morgan fingerprint density at radius 3 is 2.70 bits per heavy atom. The third-order valence-electron chi connectivity index (χ3n) is 5.30. The number of carbonyl (C=O) groups excluding carboxylic acids is 2. The summed E-state index contributed by atoms with van der Waals surface area (Å²) in [6, 6.07) is 5.51. The summed E-state index contributed by atoms with van der Waals surface area (Å²) in [6.45, 7) is 4.96. The number of benzene rings is 1. The molecule has 0 spiro atoms. The monoisotopic (exact) mass is 375 g/mol. The lowest BCUT2D eigenvalue weighted by atomic mass is 9.93. The van der Waals surface area contributed by atoms with Crippen molar-refractivity contribution in [1.29, 1.82) is 0 Å². The summed E-state index contributed by atoms with van der Waals surface area (Å²) < 4.78 is 10.3. The van der Waals surface area contributed by atoms with E-state index in [0.29, 0.717) is 36.8 Å². The summed E-state index contributed by atoms with van der Waals surface area (Å²) in [5.74, 6) is 0.0948. The molecule has 7 heteroatoms. The lowest BCUT2D eigenvalue weighted by Crippen LogP contribution is -2.36. The minimum Gasteiger partial charge on any atom is -0.465 e. The maximum Gasteiger partial charge on any atom is 0.340 e. The van der Waals surface area contributed by atoms with Crippen LogP contribution in [0, 0.1) is 5.92 Å². The van der Waals surface area contributed by atoms with Gasteiger partial charge < -0.3 is 25.0 Å². The Kier molecular flexibility index (Phi) is 7.06. The molecule has 1 amide bonds. The van der Waals surface area contributed by atoms with Gasteiger partial charge in [-0.2, -0.15) is 0 Å². The zero-order valence-corrected chi connectivity index (χ0v) is 16.0. The van der Waals surface area contributed by atoms with Crippen LogP contribution in [-0.2, 0) is 14.3 Å². The number of amides is 1. The molecule has 2 aliphatic rings. The molecule has 0 atom stereocenters. The second-order valence-corrected chi connectivity index (χ2v) is 7.10. The number of morpholine rings is 1. The predicted octanol–water partition coefficient (Wildman–Crippen LogP) is 2.03. The summed E-state index contributed by atoms with van der Waals surface area (Å²) in [7, 11) is 1.35. The van der Waals surface area contributed by atoms with Crippen molar-refractivity contribution in [2.24, 2.45) is 5.92 Å². The van der Waals surface area contributed by atoms with Gasteiger partial charge in [0, 0.05) is 25.2 Å². The van der Waals surface area contributed by atoms with Crippen molar-refractivity contribution in [2.45, 2.75) is 25.7 Å². The molecule has 148 valence electrons. The Balaban J connectivity index is 1.65. The number of nitrogens with zero attached hydrogens (tertiary/aromatic N) is 1. The molecule has 2 heterocycles. The number of rotatable bonds is 6. The number of esters is 1. The Morgan fingerprint density at radius 2 is 2.00 bits per heavy atom. The summed E-state index contributed by atoms with van der Waals surface area (Å²) in [4.78, 5) is 26.8. The van der Waals surface area contributed by atoms with Crippen molar-refractivity contribution < 1.29 is 19.1 Å². The molecule has 0 bridgehead atoms. The summed E-state index contributed by atoms with van der Waals surface area (Å²) in [6.07, 6.45) is 3.59. The zero-order valence-electron chi connectivity index (χ0n) is 16.0. The van der Waals surface area contributed by atoms with Crippen LogP contribution in [0.1, 0.15) is 36.0 Å². The van der Waals surface area contributed by atoms with Crippen LogP contribution in [0.3, 0.4) is 0 Å². The highest BCUT2D eigenvalue weighted by atomic mass is 16.5. The van der Waals surface area contributed by atoms with E-state index in [1.165, 1.54) is 7.11 Å². The first kappa shape index (κ1) is 19.6. The molecule has 2 saturated heterocycles. The minimum absolute atomic E-state index is 0.0576. The predicted molar refractivity (Wildman–Crippen MR) is 104 cm³/mol. The van der Waals surface area contributed by atoms with Crippen LogP contribution >= 0.6 is 0 Å². The molecule has 2 fully saturated rings. The number of carbonyl (C=O) groups is 2. The van der Waals surface area contributed by atoms with Gasteiger partial charge in [-0.3, -0.25) is 4.79 Å². The number of nitrogens with one attached hydrogen (secondary N) is 2. The maximum atomic E-state index is 12.4. The van der Waals surface area contributed by atoms with Crippen LogP contribution < -0.4 is 15.5 Å². The molecule has 2 N–H and O–H groups in total. The molecule has 0 unspecified atom stereocenters. The van der Waals surface area contributed by atoms with E-state index < -0.39 is 5.97 Å². The number of hydrogen-bond donors (Lipinski definition) is 2. The van der Waals surface area contributed by atoms with Gasteiger partial charge >= 0.3 is 5.97 Å². The SMILES string of the molecule is COC(=O)c1cc(N2CCOCC2)ccc1NC(=O)CCC1CCNCC1. The molecule has 1 aromatic carbocycles. The highest BCUT2D eigenvalue weighted by Crippen LogP contribution is 2.26. The first-order valence-electron chi connectivity index (χ1n) is 9.73. The molecule has 7 nitrogen and oxygen atoms in total. The van der Waals surface area contributed by atoms with Gasteiger partial charge in [-0.25, -0.2) is 4.79 Å². The first-order chi connectivity index (χ1) is 13.2. The van der Waals surface area contributed by atoms with Gasteiger partial charge in [0.2, 0.25) is 5.91 Å². The van der Waals surface area contributed by atoms with Gasteiger partial charge in [0.05, 0.1) is 31.6 Å². The molecule has 3 rings (SSSR count). The Labute approximate surface area is 160 Å². The van der Waals surface area contributed by atoms with E-state index in [1.54, 1.807) is 12.1 Å². The molecule has 27 heavy (non-hydrogen) atoms. The topological polar surface area (TPSA) is 79.9 Å². The standard InChI is InChI=1S/C20H29N3O4/c1-26-20(25)17-14-16(23-10-12-27-13-11-23)3-4-18(17)22-19(24)5-2-15-6-8-21-9-7-15/h3-4,14-15,21H,2,5-13H2,1H3,(H,22,24). The number of ether oxygens (including phenoxy) is 2. The van der Waals surface area contributed by atoms with Gasteiger partial charge in [0.15, 0.2) is 0 Å². The lowest BCUT2D eigenvalue weighted by molar-refractivity contribution is -0.116. The van der Waals surface area contributed by atoms with Gasteiger partial charge in [0.25, 0.3) is 0 Å². The van der Waals surface area contributed by atoms with Gasteiger partial charge in [0.1, 0.15) is 0 Å². The number of anilines is 2. The number of methoxy groups -OCH3 is 1. The van der Waals surface area contributed by atoms with Crippen molar-refractivity contribution in [1.82, 2.24) is 5.32 Å². The van der Waals surface area contributed by atoms with Crippen LogP contribution in [-0.4, -0.2) is 58.4 Å². The van der Waals surface area contributed by atoms with Crippen molar-refractivity contribution in [2.75, 3.05) is 56.7 Å². The lowest BCUT2D eigenvalue weighted by Gasteiger charge is -2.29. The molecule has 0 saturated carbocycles. The zero-order chi connectivity index (χ0) is 19.1. The van der Waals surface area contributed by atoms with Crippen molar-refractivity contribution in [3.05, 3.63) is 23.8 Å². The van der Waals surface area contributed by atoms with E-state index in [1.807, 2.05) is 6.07 Å². The Bertz CT molecular complexity index is 653. The smallest absolute Gasteiger partial charge is 0.340 e. The fourth-order valence-electron chi connectivity index (χ4n) is 3.66. The largest absolute Gasteiger partial charge is 0.465 e. The molecular weight excluding hydrogens is 346 g/mol. The molecular formula is C20H29N3O4. The van der Waals surface area contributed by atoms with Crippen LogP contribution in [0.25, 0.3) is 0 Å². The van der Waals surface area contributed by atoms with Gasteiger partial charge in [-0.1, -0.05) is 0 Å². The maximum absolute atomic E-state index is 12.4. The van der Waals surface area contributed by atoms with E-state index in [9.17, 15) is 9.59 Å².